The van der Waals surface area contributed by atoms with Crippen molar-refractivity contribution in [1.82, 2.24) is 15.5 Å². The second kappa shape index (κ2) is 10.8. The Kier molecular flexibility index (Phi) is 8.77. The van der Waals surface area contributed by atoms with E-state index in [-0.39, 0.29) is 24.0 Å². The third kappa shape index (κ3) is 5.90. The highest BCUT2D eigenvalue weighted by atomic mass is 127. The lowest BCUT2D eigenvalue weighted by molar-refractivity contribution is 0.174. The maximum absolute atomic E-state index is 5.42. The van der Waals surface area contributed by atoms with Gasteiger partial charge in [0, 0.05) is 32.7 Å². The maximum Gasteiger partial charge on any atom is 0.231 e. The molecule has 3 rings (SSSR count). The Morgan fingerprint density at radius 1 is 1.15 bits per heavy atom. The van der Waals surface area contributed by atoms with Crippen LogP contribution in [0, 0.1) is 0 Å². The number of ether oxygens (including phenoxy) is 2. The van der Waals surface area contributed by atoms with Crippen molar-refractivity contribution in [1.29, 1.82) is 0 Å². The molecule has 0 aromatic heterocycles. The summed E-state index contributed by atoms with van der Waals surface area (Å²) in [5, 5.41) is 6.76. The molecule has 1 aliphatic heterocycles. The van der Waals surface area contributed by atoms with Crippen LogP contribution in [0.25, 0.3) is 0 Å². The molecule has 0 saturated heterocycles. The molecule has 0 unspecified atom stereocenters. The van der Waals surface area contributed by atoms with Gasteiger partial charge in [-0.3, -0.25) is 4.99 Å². The smallest absolute Gasteiger partial charge is 0.231 e. The van der Waals surface area contributed by atoms with Crippen LogP contribution in [0.5, 0.6) is 11.5 Å². The van der Waals surface area contributed by atoms with E-state index >= 15 is 0 Å². The van der Waals surface area contributed by atoms with Crippen molar-refractivity contribution in [2.75, 3.05) is 34.0 Å². The lowest BCUT2D eigenvalue weighted by atomic mass is 9.94. The summed E-state index contributed by atoms with van der Waals surface area (Å²) < 4.78 is 10.8. The third-order valence-corrected chi connectivity index (χ3v) is 5.08. The zero-order valence-corrected chi connectivity index (χ0v) is 18.1. The molecular weight excluding hydrogens is 443 g/mol. The largest absolute Gasteiger partial charge is 0.454 e. The molecular formula is C19H31IN4O2. The Hall–Kier alpha value is -1.22. The van der Waals surface area contributed by atoms with Gasteiger partial charge in [0.1, 0.15) is 0 Å². The normalized spacial score (nSPS) is 17.1. The molecule has 0 atom stereocenters. The lowest BCUT2D eigenvalue weighted by Crippen LogP contribution is -2.43. The first-order valence-corrected chi connectivity index (χ1v) is 9.29. The van der Waals surface area contributed by atoms with Crippen LogP contribution in [-0.2, 0) is 6.54 Å². The average molecular weight is 474 g/mol. The molecule has 0 amide bonds. The number of likely N-dealkylation sites (N-methyl/N-ethyl adjacent to an activating group) is 1. The van der Waals surface area contributed by atoms with Crippen LogP contribution in [0.2, 0.25) is 0 Å². The van der Waals surface area contributed by atoms with Crippen LogP contribution in [0.3, 0.4) is 0 Å². The van der Waals surface area contributed by atoms with Crippen LogP contribution in [0.4, 0.5) is 0 Å². The first kappa shape index (κ1) is 21.1. The van der Waals surface area contributed by atoms with Crippen LogP contribution < -0.4 is 20.1 Å². The van der Waals surface area contributed by atoms with Gasteiger partial charge in [0.25, 0.3) is 0 Å². The summed E-state index contributed by atoms with van der Waals surface area (Å²) >= 11 is 0. The van der Waals surface area contributed by atoms with Crippen molar-refractivity contribution in [2.45, 2.75) is 44.7 Å². The summed E-state index contributed by atoms with van der Waals surface area (Å²) in [7, 11) is 4.04. The second-order valence-electron chi connectivity index (χ2n) is 6.81. The molecule has 1 aromatic rings. The molecule has 0 spiro atoms. The second-order valence-corrected chi connectivity index (χ2v) is 6.81. The van der Waals surface area contributed by atoms with Crippen molar-refractivity contribution in [3.63, 3.8) is 0 Å². The van der Waals surface area contributed by atoms with Gasteiger partial charge >= 0.3 is 0 Å². The summed E-state index contributed by atoms with van der Waals surface area (Å²) in [6, 6.07) is 6.76. The lowest BCUT2D eigenvalue weighted by Gasteiger charge is -2.31. The average Bonchev–Trinajstić information content (AvgIpc) is 3.12. The van der Waals surface area contributed by atoms with Gasteiger partial charge in [-0.05, 0) is 37.6 Å². The minimum atomic E-state index is 0. The van der Waals surface area contributed by atoms with Crippen molar-refractivity contribution in [2.24, 2.45) is 4.99 Å². The highest BCUT2D eigenvalue weighted by Crippen LogP contribution is 2.32. The Morgan fingerprint density at radius 3 is 2.69 bits per heavy atom. The van der Waals surface area contributed by atoms with Gasteiger partial charge in [-0.25, -0.2) is 0 Å². The highest BCUT2D eigenvalue weighted by Gasteiger charge is 2.17. The van der Waals surface area contributed by atoms with E-state index in [1.165, 1.54) is 32.1 Å². The van der Waals surface area contributed by atoms with E-state index < -0.39 is 0 Å². The number of aliphatic imine (C=N–C) groups is 1. The summed E-state index contributed by atoms with van der Waals surface area (Å²) in [5.74, 6) is 2.46. The van der Waals surface area contributed by atoms with E-state index in [0.29, 0.717) is 13.3 Å². The minimum absolute atomic E-state index is 0. The SMILES string of the molecule is CN=C(NCCN(C)C1CCCCC1)NCc1ccc2c(c1)OCO2.I. The number of halogens is 1. The summed E-state index contributed by atoms with van der Waals surface area (Å²) in [4.78, 5) is 6.79. The molecule has 1 aromatic carbocycles. The molecule has 1 heterocycles. The topological polar surface area (TPSA) is 58.1 Å². The fourth-order valence-corrected chi connectivity index (χ4v) is 3.51. The number of guanidine groups is 1. The van der Waals surface area contributed by atoms with E-state index in [1.807, 2.05) is 18.2 Å². The van der Waals surface area contributed by atoms with E-state index in [4.69, 9.17) is 9.47 Å². The monoisotopic (exact) mass is 474 g/mol. The zero-order valence-electron chi connectivity index (χ0n) is 15.8. The van der Waals surface area contributed by atoms with Gasteiger partial charge in [0.05, 0.1) is 0 Å². The Morgan fingerprint density at radius 2 is 1.92 bits per heavy atom. The van der Waals surface area contributed by atoms with Gasteiger partial charge in [-0.2, -0.15) is 0 Å². The minimum Gasteiger partial charge on any atom is -0.454 e. The number of rotatable bonds is 6. The van der Waals surface area contributed by atoms with Gasteiger partial charge in [0.2, 0.25) is 6.79 Å². The highest BCUT2D eigenvalue weighted by molar-refractivity contribution is 14.0. The number of hydrogen-bond donors (Lipinski definition) is 2. The standard InChI is InChI=1S/C19H30N4O2.HI/c1-20-19(21-10-11-23(2)16-6-4-3-5-7-16)22-13-15-8-9-17-18(12-15)25-14-24-17;/h8-9,12,16H,3-7,10-11,13-14H2,1-2H3,(H2,20,21,22);1H. The van der Waals surface area contributed by atoms with Gasteiger partial charge < -0.3 is 25.0 Å². The fourth-order valence-electron chi connectivity index (χ4n) is 3.51. The number of fused-ring (bicyclic) bond motifs is 1. The van der Waals surface area contributed by atoms with Gasteiger partial charge in [-0.1, -0.05) is 25.3 Å². The molecule has 6 nitrogen and oxygen atoms in total. The number of nitrogens with one attached hydrogen (secondary N) is 2. The number of benzene rings is 1. The molecule has 1 saturated carbocycles. The summed E-state index contributed by atoms with van der Waals surface area (Å²) in [5.41, 5.74) is 1.14. The Bertz CT molecular complexity index is 591. The third-order valence-electron chi connectivity index (χ3n) is 5.08. The fraction of sp³-hybridized carbons (Fsp3) is 0.632. The van der Waals surface area contributed by atoms with E-state index in [1.54, 1.807) is 7.05 Å². The zero-order chi connectivity index (χ0) is 17.5. The van der Waals surface area contributed by atoms with Crippen molar-refractivity contribution < 1.29 is 9.47 Å². The van der Waals surface area contributed by atoms with E-state index in [9.17, 15) is 0 Å². The van der Waals surface area contributed by atoms with Crippen molar-refractivity contribution in [3.05, 3.63) is 23.8 Å². The predicted molar refractivity (Wildman–Crippen MR) is 116 cm³/mol. The van der Waals surface area contributed by atoms with Crippen molar-refractivity contribution >= 4 is 29.9 Å². The molecule has 1 aliphatic carbocycles. The molecule has 7 heteroatoms. The molecule has 26 heavy (non-hydrogen) atoms. The van der Waals surface area contributed by atoms with Gasteiger partial charge in [-0.15, -0.1) is 24.0 Å². The molecule has 2 aliphatic rings. The first-order chi connectivity index (χ1) is 12.3. The summed E-state index contributed by atoms with van der Waals surface area (Å²) in [6.45, 7) is 2.95. The maximum atomic E-state index is 5.42. The first-order valence-electron chi connectivity index (χ1n) is 9.29. The molecule has 0 bridgehead atoms. The van der Waals surface area contributed by atoms with Gasteiger partial charge in [0.15, 0.2) is 17.5 Å². The molecule has 146 valence electrons. The van der Waals surface area contributed by atoms with E-state index in [2.05, 4.69) is 27.6 Å². The predicted octanol–water partition coefficient (Wildman–Crippen LogP) is 2.96. The van der Waals surface area contributed by atoms with Crippen LogP contribution in [0.1, 0.15) is 37.7 Å². The van der Waals surface area contributed by atoms with Crippen LogP contribution in [0.15, 0.2) is 23.2 Å². The molecule has 1 fully saturated rings. The van der Waals surface area contributed by atoms with Crippen molar-refractivity contribution in [3.8, 4) is 11.5 Å². The summed E-state index contributed by atoms with van der Waals surface area (Å²) in [6.07, 6.45) is 6.84. The Labute approximate surface area is 173 Å². The van der Waals surface area contributed by atoms with Crippen LogP contribution >= 0.6 is 24.0 Å². The molecule has 0 radical (unpaired) electrons. The molecule has 2 N–H and O–H groups in total. The van der Waals surface area contributed by atoms with Crippen LogP contribution in [-0.4, -0.2) is 50.9 Å². The Balaban J connectivity index is 0.00000243. The number of hydrogen-bond acceptors (Lipinski definition) is 4. The van der Waals surface area contributed by atoms with E-state index in [0.717, 1.165) is 42.2 Å². The number of nitrogens with zero attached hydrogens (tertiary/aromatic N) is 2. The quantitative estimate of drug-likeness (QED) is 0.377.